The summed E-state index contributed by atoms with van der Waals surface area (Å²) in [5.74, 6) is 0. The number of aliphatic hydroxyl groups is 4. The second-order valence-electron chi connectivity index (χ2n) is 3.81. The molecule has 0 radical (unpaired) electrons. The molecular weight excluding hydrogens is 250 g/mol. The minimum absolute atomic E-state index is 0.407. The normalized spacial score (nSPS) is 35.9. The fourth-order valence-corrected chi connectivity index (χ4v) is 1.53. The molecule has 10 nitrogen and oxygen atoms in total. The lowest BCUT2D eigenvalue weighted by Gasteiger charge is -2.40. The number of hydrogen-bond donors (Lipinski definition) is 5. The van der Waals surface area contributed by atoms with Crippen LogP contribution in [-0.2, 0) is 4.74 Å². The lowest BCUT2D eigenvalue weighted by molar-refractivity contribution is -0.252. The summed E-state index contributed by atoms with van der Waals surface area (Å²) in [6, 6.07) is -2.33. The maximum absolute atomic E-state index is 11.3. The molecule has 5 atom stereocenters. The Labute approximate surface area is 102 Å². The number of carbonyl (C=O) groups is 1. The van der Waals surface area contributed by atoms with Crippen molar-refractivity contribution in [3.05, 3.63) is 4.91 Å². The predicted molar refractivity (Wildman–Crippen MR) is 55.9 cm³/mol. The molecule has 2 amide bonds. The van der Waals surface area contributed by atoms with Crippen molar-refractivity contribution in [1.82, 2.24) is 10.3 Å². The van der Waals surface area contributed by atoms with E-state index in [-0.39, 0.29) is 0 Å². The van der Waals surface area contributed by atoms with Crippen LogP contribution in [0.25, 0.3) is 0 Å². The van der Waals surface area contributed by atoms with Gasteiger partial charge in [0.25, 0.3) is 0 Å². The Morgan fingerprint density at radius 3 is 2.50 bits per heavy atom. The van der Waals surface area contributed by atoms with Crippen LogP contribution in [0.3, 0.4) is 0 Å². The maximum Gasteiger partial charge on any atom is 0.340 e. The number of urea groups is 1. The lowest BCUT2D eigenvalue weighted by Crippen LogP contribution is -2.64. The van der Waals surface area contributed by atoms with Gasteiger partial charge in [-0.25, -0.2) is 4.79 Å². The number of nitroso groups, excluding NO2 is 1. The van der Waals surface area contributed by atoms with Crippen LogP contribution in [0.15, 0.2) is 5.29 Å². The van der Waals surface area contributed by atoms with Gasteiger partial charge < -0.3 is 30.5 Å². The molecule has 104 valence electrons. The van der Waals surface area contributed by atoms with E-state index in [1.807, 2.05) is 0 Å². The molecule has 18 heavy (non-hydrogen) atoms. The van der Waals surface area contributed by atoms with E-state index in [1.165, 1.54) is 0 Å². The Kier molecular flexibility index (Phi) is 4.93. The van der Waals surface area contributed by atoms with E-state index in [9.17, 15) is 25.0 Å². The number of carbonyl (C=O) groups excluding carboxylic acids is 1. The van der Waals surface area contributed by atoms with E-state index < -0.39 is 43.3 Å². The summed E-state index contributed by atoms with van der Waals surface area (Å²) in [7, 11) is 1.07. The average Bonchev–Trinajstić information content (AvgIpc) is 2.37. The van der Waals surface area contributed by atoms with E-state index in [1.54, 1.807) is 0 Å². The Bertz CT molecular complexity index is 315. The largest absolute Gasteiger partial charge is 0.394 e. The first-order chi connectivity index (χ1) is 8.42. The molecule has 0 aliphatic carbocycles. The van der Waals surface area contributed by atoms with Gasteiger partial charge in [-0.1, -0.05) is 0 Å². The highest BCUT2D eigenvalue weighted by atomic mass is 16.6. The first kappa shape index (κ1) is 14.7. The van der Waals surface area contributed by atoms with E-state index >= 15 is 0 Å². The minimum Gasteiger partial charge on any atom is -0.394 e. The van der Waals surface area contributed by atoms with Crippen molar-refractivity contribution in [1.29, 1.82) is 0 Å². The van der Waals surface area contributed by atoms with Gasteiger partial charge >= 0.3 is 6.03 Å². The van der Waals surface area contributed by atoms with E-state index in [4.69, 9.17) is 9.84 Å². The fourth-order valence-electron chi connectivity index (χ4n) is 1.53. The highest BCUT2D eigenvalue weighted by molar-refractivity contribution is 5.73. The van der Waals surface area contributed by atoms with Gasteiger partial charge in [-0.2, -0.15) is 5.01 Å². The Balaban J connectivity index is 2.71. The van der Waals surface area contributed by atoms with Crippen LogP contribution in [0.2, 0.25) is 0 Å². The number of nitrogens with one attached hydrogen (secondary N) is 1. The smallest absolute Gasteiger partial charge is 0.340 e. The number of nitrogens with zero attached hydrogens (tertiary/aromatic N) is 2. The van der Waals surface area contributed by atoms with Gasteiger partial charge in [-0.05, 0) is 0 Å². The van der Waals surface area contributed by atoms with Crippen LogP contribution in [0.5, 0.6) is 0 Å². The Morgan fingerprint density at radius 1 is 1.39 bits per heavy atom. The summed E-state index contributed by atoms with van der Waals surface area (Å²) in [6.07, 6.45) is -5.84. The number of hydrogen-bond acceptors (Lipinski definition) is 8. The topological polar surface area (TPSA) is 152 Å². The molecule has 0 bridgehead atoms. The molecule has 2 unspecified atom stereocenters. The number of amides is 2. The maximum atomic E-state index is 11.3. The van der Waals surface area contributed by atoms with Crippen LogP contribution in [0.4, 0.5) is 4.79 Å². The third kappa shape index (κ3) is 2.91. The highest BCUT2D eigenvalue weighted by Gasteiger charge is 2.44. The molecule has 0 saturated carbocycles. The summed E-state index contributed by atoms with van der Waals surface area (Å²) in [5.41, 5.74) is 0. The van der Waals surface area contributed by atoms with Crippen molar-refractivity contribution in [2.24, 2.45) is 5.29 Å². The van der Waals surface area contributed by atoms with Gasteiger partial charge in [0.05, 0.1) is 11.9 Å². The summed E-state index contributed by atoms with van der Waals surface area (Å²) in [5, 5.41) is 42.4. The van der Waals surface area contributed by atoms with Crippen LogP contribution in [0.1, 0.15) is 0 Å². The third-order valence-electron chi connectivity index (χ3n) is 2.61. The van der Waals surface area contributed by atoms with Crippen molar-refractivity contribution >= 4 is 6.03 Å². The average molecular weight is 265 g/mol. The molecule has 1 rings (SSSR count). The Hall–Kier alpha value is -1.33. The Morgan fingerprint density at radius 2 is 2.00 bits per heavy atom. The summed E-state index contributed by atoms with van der Waals surface area (Å²) in [6.45, 7) is -0.605. The van der Waals surface area contributed by atoms with Gasteiger partial charge in [0.15, 0.2) is 6.29 Å². The van der Waals surface area contributed by atoms with Crippen LogP contribution in [-0.4, -0.2) is 75.8 Å². The molecule has 1 aliphatic heterocycles. The number of rotatable bonds is 3. The molecule has 0 aromatic carbocycles. The first-order valence-corrected chi connectivity index (χ1v) is 5.10. The zero-order chi connectivity index (χ0) is 13.9. The van der Waals surface area contributed by atoms with E-state index in [2.05, 4.69) is 10.6 Å². The monoisotopic (exact) mass is 265 g/mol. The molecule has 1 saturated heterocycles. The zero-order valence-corrected chi connectivity index (χ0v) is 9.50. The van der Waals surface area contributed by atoms with E-state index in [0.29, 0.717) is 5.01 Å². The number of ether oxygens (including phenoxy) is 1. The molecular formula is C8H15N3O7. The first-order valence-electron chi connectivity index (χ1n) is 5.10. The second-order valence-corrected chi connectivity index (χ2v) is 3.81. The molecule has 1 fully saturated rings. The van der Waals surface area contributed by atoms with Crippen molar-refractivity contribution in [3.8, 4) is 0 Å². The SMILES string of the molecule is CN(N=O)C(=O)N[C@H]1[C@@H](O)OC(CO)C(O)[C@@H]1O. The third-order valence-corrected chi connectivity index (χ3v) is 2.61. The zero-order valence-electron chi connectivity index (χ0n) is 9.50. The fraction of sp³-hybridized carbons (Fsp3) is 0.875. The molecule has 0 spiro atoms. The van der Waals surface area contributed by atoms with Crippen molar-refractivity contribution in [3.63, 3.8) is 0 Å². The molecule has 5 N–H and O–H groups in total. The lowest BCUT2D eigenvalue weighted by atomic mass is 9.97. The van der Waals surface area contributed by atoms with Crippen LogP contribution >= 0.6 is 0 Å². The standard InChI is InChI=1S/C8H15N3O7/c1-11(10-17)8(16)9-4-6(14)5(13)3(2-12)18-7(4)15/h3-7,12-15H,2H2,1H3,(H,9,16)/t3?,4-,5?,6-,7+/m1/s1. The van der Waals surface area contributed by atoms with Crippen molar-refractivity contribution in [2.75, 3.05) is 13.7 Å². The second kappa shape index (κ2) is 6.02. The van der Waals surface area contributed by atoms with Gasteiger partial charge in [-0.15, -0.1) is 4.91 Å². The summed E-state index contributed by atoms with van der Waals surface area (Å²) < 4.78 is 4.80. The van der Waals surface area contributed by atoms with Gasteiger partial charge in [0.1, 0.15) is 24.4 Å². The van der Waals surface area contributed by atoms with Gasteiger partial charge in [-0.3, -0.25) is 0 Å². The minimum atomic E-state index is -1.63. The van der Waals surface area contributed by atoms with Crippen molar-refractivity contribution < 1.29 is 30.0 Å². The molecule has 0 aromatic rings. The quantitative estimate of drug-likeness (QED) is 0.271. The predicted octanol–water partition coefficient (Wildman–Crippen LogP) is -2.89. The summed E-state index contributed by atoms with van der Waals surface area (Å²) in [4.78, 5) is 21.4. The van der Waals surface area contributed by atoms with E-state index in [0.717, 1.165) is 7.05 Å². The molecule has 1 heterocycles. The highest BCUT2D eigenvalue weighted by Crippen LogP contribution is 2.19. The summed E-state index contributed by atoms with van der Waals surface area (Å²) >= 11 is 0. The van der Waals surface area contributed by atoms with Gasteiger partial charge in [0, 0.05) is 7.05 Å². The number of aliphatic hydroxyl groups excluding tert-OH is 4. The molecule has 0 aromatic heterocycles. The van der Waals surface area contributed by atoms with Crippen molar-refractivity contribution in [2.45, 2.75) is 30.6 Å². The molecule has 1 aliphatic rings. The van der Waals surface area contributed by atoms with Crippen LogP contribution < -0.4 is 5.32 Å². The van der Waals surface area contributed by atoms with Crippen LogP contribution in [0, 0.1) is 4.91 Å². The van der Waals surface area contributed by atoms with Gasteiger partial charge in [0.2, 0.25) is 0 Å². The molecule has 10 heteroatoms.